The minimum absolute atomic E-state index is 0.347. The van der Waals surface area contributed by atoms with Crippen molar-refractivity contribution in [3.05, 3.63) is 35.4 Å². The van der Waals surface area contributed by atoms with Crippen LogP contribution in [0.5, 0.6) is 0 Å². The van der Waals surface area contributed by atoms with E-state index in [1.807, 2.05) is 37.0 Å². The molecule has 0 fully saturated rings. The number of hydrogen-bond acceptors (Lipinski definition) is 7. The molecule has 2 rings (SSSR count). The summed E-state index contributed by atoms with van der Waals surface area (Å²) in [5.74, 6) is 6.90. The van der Waals surface area contributed by atoms with Gasteiger partial charge in [0.15, 0.2) is 0 Å². The molecule has 7 heteroatoms. The zero-order valence-electron chi connectivity index (χ0n) is 12.8. The fourth-order valence-electron chi connectivity index (χ4n) is 1.94. The predicted molar refractivity (Wildman–Crippen MR) is 85.3 cm³/mol. The van der Waals surface area contributed by atoms with E-state index in [0.29, 0.717) is 24.4 Å². The monoisotopic (exact) mass is 287 g/mol. The van der Waals surface area contributed by atoms with E-state index < -0.39 is 0 Å². The molecule has 1 heterocycles. The van der Waals surface area contributed by atoms with E-state index in [9.17, 15) is 0 Å². The van der Waals surface area contributed by atoms with E-state index in [1.165, 1.54) is 11.1 Å². The van der Waals surface area contributed by atoms with Crippen LogP contribution in [0.25, 0.3) is 0 Å². The van der Waals surface area contributed by atoms with Crippen molar-refractivity contribution in [1.29, 1.82) is 0 Å². The molecule has 2 aromatic rings. The Kier molecular flexibility index (Phi) is 4.54. The number of aryl methyl sites for hydroxylation is 1. The lowest BCUT2D eigenvalue weighted by Crippen LogP contribution is -2.24. The van der Waals surface area contributed by atoms with Crippen molar-refractivity contribution in [2.45, 2.75) is 13.5 Å². The molecule has 21 heavy (non-hydrogen) atoms. The molecule has 112 valence electrons. The number of nitrogen functional groups attached to an aromatic ring is 1. The van der Waals surface area contributed by atoms with Gasteiger partial charge in [-0.1, -0.05) is 29.8 Å². The van der Waals surface area contributed by atoms with Crippen LogP contribution in [-0.4, -0.2) is 36.1 Å². The second-order valence-corrected chi connectivity index (χ2v) is 5.14. The summed E-state index contributed by atoms with van der Waals surface area (Å²) in [7, 11) is 5.69. The number of nitrogens with zero attached hydrogens (tertiary/aromatic N) is 5. The number of nitrogens with one attached hydrogen (secondary N) is 1. The Morgan fingerprint density at radius 2 is 1.81 bits per heavy atom. The van der Waals surface area contributed by atoms with Crippen LogP contribution in [0.15, 0.2) is 24.3 Å². The molecular formula is C14H21N7. The zero-order chi connectivity index (χ0) is 15.4. The Morgan fingerprint density at radius 3 is 2.43 bits per heavy atom. The molecule has 7 nitrogen and oxygen atoms in total. The van der Waals surface area contributed by atoms with E-state index >= 15 is 0 Å². The number of hydrogen-bond donors (Lipinski definition) is 2. The Bertz CT molecular complexity index is 612. The summed E-state index contributed by atoms with van der Waals surface area (Å²) < 4.78 is 0. The molecule has 0 aliphatic carbocycles. The van der Waals surface area contributed by atoms with Crippen molar-refractivity contribution in [2.24, 2.45) is 5.84 Å². The number of rotatable bonds is 5. The van der Waals surface area contributed by atoms with E-state index in [4.69, 9.17) is 5.84 Å². The Balaban J connectivity index is 2.25. The number of benzene rings is 1. The summed E-state index contributed by atoms with van der Waals surface area (Å²) in [4.78, 5) is 16.7. The van der Waals surface area contributed by atoms with E-state index in [-0.39, 0.29) is 0 Å². The van der Waals surface area contributed by atoms with Crippen LogP contribution in [0.1, 0.15) is 11.1 Å². The van der Waals surface area contributed by atoms with Crippen molar-refractivity contribution in [3.63, 3.8) is 0 Å². The maximum absolute atomic E-state index is 5.42. The lowest BCUT2D eigenvalue weighted by atomic mass is 10.1. The molecule has 0 unspecified atom stereocenters. The first-order valence-corrected chi connectivity index (χ1v) is 6.66. The third-order valence-electron chi connectivity index (χ3n) is 2.98. The zero-order valence-corrected chi connectivity index (χ0v) is 12.8. The second-order valence-electron chi connectivity index (χ2n) is 5.14. The molecule has 0 saturated carbocycles. The van der Waals surface area contributed by atoms with E-state index in [1.54, 1.807) is 0 Å². The first-order valence-electron chi connectivity index (χ1n) is 6.66. The number of nitrogens with two attached hydrogens (primary N) is 1. The van der Waals surface area contributed by atoms with Crippen molar-refractivity contribution in [2.75, 3.05) is 36.4 Å². The van der Waals surface area contributed by atoms with E-state index in [0.717, 1.165) is 0 Å². The van der Waals surface area contributed by atoms with Gasteiger partial charge >= 0.3 is 0 Å². The molecule has 0 aliphatic rings. The molecule has 0 amide bonds. The normalized spacial score (nSPS) is 10.3. The maximum Gasteiger partial charge on any atom is 0.243 e. The Labute approximate surface area is 124 Å². The molecule has 1 aromatic carbocycles. The molecular weight excluding hydrogens is 266 g/mol. The SMILES string of the molecule is Cc1cccc(CN(C)c2nc(NN)nc(N(C)C)n2)c1. The van der Waals surface area contributed by atoms with Gasteiger partial charge in [-0.2, -0.15) is 15.0 Å². The maximum atomic E-state index is 5.42. The molecule has 0 spiro atoms. The number of aromatic nitrogens is 3. The van der Waals surface area contributed by atoms with Gasteiger partial charge in [0, 0.05) is 27.7 Å². The molecule has 0 bridgehead atoms. The van der Waals surface area contributed by atoms with Gasteiger partial charge in [0.2, 0.25) is 17.8 Å². The van der Waals surface area contributed by atoms with Gasteiger partial charge < -0.3 is 9.80 Å². The molecule has 0 atom stereocenters. The summed E-state index contributed by atoms with van der Waals surface area (Å²) in [6, 6.07) is 8.35. The molecule has 1 aromatic heterocycles. The average Bonchev–Trinajstić information content (AvgIpc) is 2.46. The standard InChI is InChI=1S/C14H21N7/c1-10-6-5-7-11(8-10)9-21(4)14-17-12(19-15)16-13(18-14)20(2)3/h5-8H,9,15H2,1-4H3,(H,16,17,18,19). The van der Waals surface area contributed by atoms with Crippen LogP contribution >= 0.6 is 0 Å². The van der Waals surface area contributed by atoms with Crippen molar-refractivity contribution >= 4 is 17.8 Å². The minimum atomic E-state index is 0.347. The quantitative estimate of drug-likeness (QED) is 0.631. The third-order valence-corrected chi connectivity index (χ3v) is 2.98. The van der Waals surface area contributed by atoms with Gasteiger partial charge in [-0.15, -0.1) is 0 Å². The van der Waals surface area contributed by atoms with Crippen LogP contribution in [0.4, 0.5) is 17.8 Å². The smallest absolute Gasteiger partial charge is 0.243 e. The summed E-state index contributed by atoms with van der Waals surface area (Å²) in [5, 5.41) is 0. The lowest BCUT2D eigenvalue weighted by Gasteiger charge is -2.20. The van der Waals surface area contributed by atoms with Crippen molar-refractivity contribution in [1.82, 2.24) is 15.0 Å². The van der Waals surface area contributed by atoms with Crippen LogP contribution < -0.4 is 21.1 Å². The molecule has 0 aliphatic heterocycles. The lowest BCUT2D eigenvalue weighted by molar-refractivity contribution is 0.841. The highest BCUT2D eigenvalue weighted by atomic mass is 15.4. The highest BCUT2D eigenvalue weighted by molar-refractivity contribution is 5.44. The molecule has 3 N–H and O–H groups in total. The number of hydrazine groups is 1. The van der Waals surface area contributed by atoms with Gasteiger partial charge in [0.1, 0.15) is 0 Å². The van der Waals surface area contributed by atoms with Gasteiger partial charge in [-0.25, -0.2) is 5.84 Å². The van der Waals surface area contributed by atoms with Crippen LogP contribution in [0.2, 0.25) is 0 Å². The van der Waals surface area contributed by atoms with Gasteiger partial charge in [-0.3, -0.25) is 5.43 Å². The fraction of sp³-hybridized carbons (Fsp3) is 0.357. The highest BCUT2D eigenvalue weighted by Gasteiger charge is 2.11. The third kappa shape index (κ3) is 3.79. The largest absolute Gasteiger partial charge is 0.347 e. The first-order chi connectivity index (χ1) is 9.99. The Hall–Kier alpha value is -2.41. The van der Waals surface area contributed by atoms with Gasteiger partial charge in [-0.05, 0) is 12.5 Å². The summed E-state index contributed by atoms with van der Waals surface area (Å²) in [5.41, 5.74) is 4.91. The first kappa shape index (κ1) is 15.0. The molecule has 0 saturated heterocycles. The predicted octanol–water partition coefficient (Wildman–Crippen LogP) is 1.17. The highest BCUT2D eigenvalue weighted by Crippen LogP contribution is 2.16. The topological polar surface area (TPSA) is 83.2 Å². The van der Waals surface area contributed by atoms with E-state index in [2.05, 4.69) is 45.5 Å². The second kappa shape index (κ2) is 6.36. The van der Waals surface area contributed by atoms with Crippen molar-refractivity contribution in [3.8, 4) is 0 Å². The summed E-state index contributed by atoms with van der Waals surface area (Å²) in [6.45, 7) is 2.79. The number of anilines is 3. The van der Waals surface area contributed by atoms with Crippen molar-refractivity contribution < 1.29 is 0 Å². The van der Waals surface area contributed by atoms with Crippen LogP contribution in [0.3, 0.4) is 0 Å². The van der Waals surface area contributed by atoms with Gasteiger partial charge in [0.25, 0.3) is 0 Å². The van der Waals surface area contributed by atoms with Crippen LogP contribution in [0, 0.1) is 6.92 Å². The van der Waals surface area contributed by atoms with Gasteiger partial charge in [0.05, 0.1) is 0 Å². The molecule has 0 radical (unpaired) electrons. The minimum Gasteiger partial charge on any atom is -0.347 e. The Morgan fingerprint density at radius 1 is 1.10 bits per heavy atom. The summed E-state index contributed by atoms with van der Waals surface area (Å²) >= 11 is 0. The summed E-state index contributed by atoms with van der Waals surface area (Å²) in [6.07, 6.45) is 0. The fourth-order valence-corrected chi connectivity index (χ4v) is 1.94. The average molecular weight is 287 g/mol. The van der Waals surface area contributed by atoms with Crippen LogP contribution in [-0.2, 0) is 6.54 Å².